The van der Waals surface area contributed by atoms with Crippen LogP contribution in [0.5, 0.6) is 0 Å². The van der Waals surface area contributed by atoms with Gasteiger partial charge in [-0.15, -0.1) is 0 Å². The number of hydrogen-bond donors (Lipinski definition) is 1. The molecule has 1 fully saturated rings. The number of carbonyl (C=O) groups excluding carboxylic acids is 2. The summed E-state index contributed by atoms with van der Waals surface area (Å²) in [6, 6.07) is 7.44. The number of rotatable bonds is 2. The highest BCUT2D eigenvalue weighted by atomic mass is 127. The Labute approximate surface area is 114 Å². The highest BCUT2D eigenvalue weighted by molar-refractivity contribution is 14.1. The van der Waals surface area contributed by atoms with E-state index in [4.69, 9.17) is 0 Å². The minimum atomic E-state index is -0.791. The monoisotopic (exact) mass is 344 g/mol. The summed E-state index contributed by atoms with van der Waals surface area (Å²) in [5.74, 6) is -0.180. The van der Waals surface area contributed by atoms with E-state index in [-0.39, 0.29) is 11.9 Å². The van der Waals surface area contributed by atoms with Gasteiger partial charge in [0.2, 0.25) is 0 Å². The van der Waals surface area contributed by atoms with Gasteiger partial charge in [0.25, 0.3) is 5.91 Å². The highest BCUT2D eigenvalue weighted by Crippen LogP contribution is 2.19. The second-order valence-electron chi connectivity index (χ2n) is 4.57. The third-order valence-corrected chi connectivity index (χ3v) is 3.42. The molecule has 4 nitrogen and oxygen atoms in total. The number of benzene rings is 1. The largest absolute Gasteiger partial charge is 0.325 e. The molecule has 0 unspecified atom stereocenters. The molecule has 5 heteroatoms. The van der Waals surface area contributed by atoms with Crippen LogP contribution in [0.25, 0.3) is 0 Å². The Morgan fingerprint density at radius 2 is 1.82 bits per heavy atom. The predicted octanol–water partition coefficient (Wildman–Crippen LogP) is 2.12. The Morgan fingerprint density at radius 3 is 2.29 bits per heavy atom. The van der Waals surface area contributed by atoms with Gasteiger partial charge in [-0.2, -0.15) is 0 Å². The molecular weight excluding hydrogens is 331 g/mol. The summed E-state index contributed by atoms with van der Waals surface area (Å²) in [4.78, 5) is 24.9. The van der Waals surface area contributed by atoms with Gasteiger partial charge in [0.1, 0.15) is 5.54 Å². The molecule has 1 aliphatic rings. The molecule has 1 aromatic rings. The molecule has 17 heavy (non-hydrogen) atoms. The lowest BCUT2D eigenvalue weighted by Crippen LogP contribution is -2.40. The van der Waals surface area contributed by atoms with Gasteiger partial charge in [0.15, 0.2) is 0 Å². The van der Waals surface area contributed by atoms with E-state index in [2.05, 4.69) is 27.9 Å². The van der Waals surface area contributed by atoms with Crippen molar-refractivity contribution in [3.63, 3.8) is 0 Å². The number of nitrogens with one attached hydrogen (secondary N) is 1. The molecule has 1 N–H and O–H groups in total. The van der Waals surface area contributed by atoms with Gasteiger partial charge < -0.3 is 5.32 Å². The number of hydrogen-bond acceptors (Lipinski definition) is 2. The summed E-state index contributed by atoms with van der Waals surface area (Å²) >= 11 is 2.21. The van der Waals surface area contributed by atoms with E-state index in [9.17, 15) is 9.59 Å². The second kappa shape index (κ2) is 4.29. The van der Waals surface area contributed by atoms with Gasteiger partial charge in [-0.25, -0.2) is 4.79 Å². The van der Waals surface area contributed by atoms with Crippen molar-refractivity contribution >= 4 is 34.5 Å². The first kappa shape index (κ1) is 12.3. The topological polar surface area (TPSA) is 49.4 Å². The van der Waals surface area contributed by atoms with Gasteiger partial charge in [-0.3, -0.25) is 9.69 Å². The Kier molecular flexibility index (Phi) is 3.11. The Balaban J connectivity index is 2.17. The summed E-state index contributed by atoms with van der Waals surface area (Å²) in [6.45, 7) is 3.74. The summed E-state index contributed by atoms with van der Waals surface area (Å²) < 4.78 is 1.13. The highest BCUT2D eigenvalue weighted by Gasteiger charge is 2.43. The molecule has 0 aromatic heterocycles. The van der Waals surface area contributed by atoms with E-state index in [0.29, 0.717) is 6.54 Å². The third-order valence-electron chi connectivity index (χ3n) is 2.70. The fourth-order valence-electron chi connectivity index (χ4n) is 1.73. The first-order chi connectivity index (χ1) is 7.90. The summed E-state index contributed by atoms with van der Waals surface area (Å²) in [6.07, 6.45) is 0. The zero-order valence-corrected chi connectivity index (χ0v) is 11.8. The van der Waals surface area contributed by atoms with Crippen molar-refractivity contribution in [2.24, 2.45) is 0 Å². The van der Waals surface area contributed by atoms with Crippen LogP contribution in [0.1, 0.15) is 19.4 Å². The van der Waals surface area contributed by atoms with E-state index in [0.717, 1.165) is 9.13 Å². The number of carbonyl (C=O) groups is 2. The molecule has 0 saturated carbocycles. The molecule has 1 aliphatic heterocycles. The smallest absolute Gasteiger partial charge is 0.324 e. The lowest BCUT2D eigenvalue weighted by Gasteiger charge is -2.15. The lowest BCUT2D eigenvalue weighted by atomic mass is 10.1. The molecule has 1 heterocycles. The van der Waals surface area contributed by atoms with Crippen LogP contribution >= 0.6 is 22.6 Å². The van der Waals surface area contributed by atoms with Crippen LogP contribution in [0, 0.1) is 3.57 Å². The van der Waals surface area contributed by atoms with E-state index >= 15 is 0 Å². The van der Waals surface area contributed by atoms with Crippen molar-refractivity contribution in [1.82, 2.24) is 10.2 Å². The summed E-state index contributed by atoms with van der Waals surface area (Å²) in [5, 5.41) is 2.66. The first-order valence-corrected chi connectivity index (χ1v) is 6.36. The Bertz CT molecular complexity index is 468. The van der Waals surface area contributed by atoms with Crippen molar-refractivity contribution in [3.05, 3.63) is 33.4 Å². The van der Waals surface area contributed by atoms with Crippen molar-refractivity contribution in [3.8, 4) is 0 Å². The number of imide groups is 1. The fraction of sp³-hybridized carbons (Fsp3) is 0.333. The van der Waals surface area contributed by atoms with Gasteiger partial charge >= 0.3 is 6.03 Å². The van der Waals surface area contributed by atoms with E-state index in [1.807, 2.05) is 24.3 Å². The summed E-state index contributed by atoms with van der Waals surface area (Å²) in [5.41, 5.74) is 0.159. The first-order valence-electron chi connectivity index (χ1n) is 5.29. The van der Waals surface area contributed by atoms with Crippen molar-refractivity contribution in [1.29, 1.82) is 0 Å². The number of nitrogens with zero attached hydrogens (tertiary/aromatic N) is 1. The average molecular weight is 344 g/mol. The van der Waals surface area contributed by atoms with Crippen LogP contribution < -0.4 is 5.32 Å². The number of halogens is 1. The molecule has 1 aromatic carbocycles. The molecule has 90 valence electrons. The normalized spacial score (nSPS) is 18.4. The Morgan fingerprint density at radius 1 is 1.24 bits per heavy atom. The van der Waals surface area contributed by atoms with Crippen LogP contribution in [-0.2, 0) is 11.3 Å². The molecule has 2 rings (SSSR count). The van der Waals surface area contributed by atoms with E-state index in [1.54, 1.807) is 13.8 Å². The average Bonchev–Trinajstić information content (AvgIpc) is 2.44. The zero-order chi connectivity index (χ0) is 12.6. The molecule has 0 aliphatic carbocycles. The number of amides is 3. The molecular formula is C12H13IN2O2. The van der Waals surface area contributed by atoms with Gasteiger partial charge in [-0.1, -0.05) is 12.1 Å². The quantitative estimate of drug-likeness (QED) is 0.660. The van der Waals surface area contributed by atoms with Crippen molar-refractivity contribution in [2.75, 3.05) is 0 Å². The van der Waals surface area contributed by atoms with Crippen molar-refractivity contribution in [2.45, 2.75) is 25.9 Å². The zero-order valence-electron chi connectivity index (χ0n) is 9.66. The third kappa shape index (κ3) is 2.43. The van der Waals surface area contributed by atoms with Crippen LogP contribution in [0.4, 0.5) is 4.79 Å². The van der Waals surface area contributed by atoms with Crippen LogP contribution in [-0.4, -0.2) is 22.4 Å². The van der Waals surface area contributed by atoms with Gasteiger partial charge in [-0.05, 0) is 54.1 Å². The Hall–Kier alpha value is -1.11. The molecule has 0 bridgehead atoms. The van der Waals surface area contributed by atoms with Gasteiger partial charge in [0.05, 0.1) is 6.54 Å². The van der Waals surface area contributed by atoms with Gasteiger partial charge in [0, 0.05) is 3.57 Å². The molecule has 3 amide bonds. The van der Waals surface area contributed by atoms with Crippen LogP contribution in [0.15, 0.2) is 24.3 Å². The van der Waals surface area contributed by atoms with Crippen LogP contribution in [0.3, 0.4) is 0 Å². The predicted molar refractivity (Wildman–Crippen MR) is 72.3 cm³/mol. The second-order valence-corrected chi connectivity index (χ2v) is 5.82. The van der Waals surface area contributed by atoms with Crippen LogP contribution in [0.2, 0.25) is 0 Å². The molecule has 0 atom stereocenters. The van der Waals surface area contributed by atoms with Crippen molar-refractivity contribution < 1.29 is 9.59 Å². The maximum absolute atomic E-state index is 11.9. The fourth-order valence-corrected chi connectivity index (χ4v) is 2.09. The lowest BCUT2D eigenvalue weighted by molar-refractivity contribution is -0.130. The SMILES string of the molecule is CC1(C)NC(=O)N(Cc2ccc(I)cc2)C1=O. The number of urea groups is 1. The van der Waals surface area contributed by atoms with E-state index in [1.165, 1.54) is 4.90 Å². The standard InChI is InChI=1S/C12H13IN2O2/c1-12(2)10(16)15(11(17)14-12)7-8-3-5-9(13)6-4-8/h3-6H,7H2,1-2H3,(H,14,17). The van der Waals surface area contributed by atoms with E-state index < -0.39 is 5.54 Å². The molecule has 0 spiro atoms. The molecule has 0 radical (unpaired) electrons. The molecule has 1 saturated heterocycles. The maximum Gasteiger partial charge on any atom is 0.325 e. The summed E-state index contributed by atoms with van der Waals surface area (Å²) in [7, 11) is 0. The maximum atomic E-state index is 11.9. The minimum absolute atomic E-state index is 0.180. The minimum Gasteiger partial charge on any atom is -0.324 e.